The molecule has 32 heavy (non-hydrogen) atoms. The Bertz CT molecular complexity index is 1060. The first-order valence-corrected chi connectivity index (χ1v) is 11.0. The summed E-state index contributed by atoms with van der Waals surface area (Å²) in [4.78, 5) is 33.8. The smallest absolute Gasteiger partial charge is 0.241 e. The number of anilines is 1. The summed E-state index contributed by atoms with van der Waals surface area (Å²) in [6, 6.07) is 19.2. The second kappa shape index (κ2) is 10.3. The lowest BCUT2D eigenvalue weighted by Crippen LogP contribution is -2.54. The number of rotatable bonds is 7. The van der Waals surface area contributed by atoms with Crippen LogP contribution in [0.5, 0.6) is 0 Å². The molecule has 2 N–H and O–H groups in total. The van der Waals surface area contributed by atoms with Gasteiger partial charge in [0.25, 0.3) is 0 Å². The molecule has 1 fully saturated rings. The lowest BCUT2D eigenvalue weighted by molar-refractivity contribution is -0.124. The van der Waals surface area contributed by atoms with Gasteiger partial charge in [0.1, 0.15) is 0 Å². The van der Waals surface area contributed by atoms with E-state index in [0.29, 0.717) is 13.1 Å². The number of fused-ring (bicyclic) bond motifs is 1. The monoisotopic (exact) mass is 431 g/mol. The first kappa shape index (κ1) is 21.9. The normalized spacial score (nSPS) is 15.9. The second-order valence-corrected chi connectivity index (χ2v) is 8.12. The Morgan fingerprint density at radius 3 is 2.53 bits per heavy atom. The van der Waals surface area contributed by atoms with Crippen molar-refractivity contribution in [1.29, 1.82) is 0 Å². The van der Waals surface area contributed by atoms with Gasteiger partial charge in [-0.3, -0.25) is 24.4 Å². The summed E-state index contributed by atoms with van der Waals surface area (Å²) < 4.78 is 0. The van der Waals surface area contributed by atoms with Crippen LogP contribution >= 0.6 is 0 Å². The van der Waals surface area contributed by atoms with Gasteiger partial charge in [-0.05, 0) is 36.8 Å². The largest absolute Gasteiger partial charge is 0.351 e. The molecule has 1 atom stereocenters. The number of nitrogens with one attached hydrogen (secondary N) is 2. The third kappa shape index (κ3) is 5.49. The SMILES string of the molecule is C[C@H](C(=O)Nc1cccc2ncccc12)N1CCN(CC(=O)NCc2ccccc2)CC1. The number of pyridine rings is 1. The van der Waals surface area contributed by atoms with Gasteiger partial charge >= 0.3 is 0 Å². The molecule has 0 saturated carbocycles. The van der Waals surface area contributed by atoms with Crippen molar-refractivity contribution >= 4 is 28.4 Å². The maximum Gasteiger partial charge on any atom is 0.241 e. The molecule has 7 heteroatoms. The minimum Gasteiger partial charge on any atom is -0.351 e. The third-order valence-corrected chi connectivity index (χ3v) is 5.94. The van der Waals surface area contributed by atoms with E-state index in [1.807, 2.05) is 67.6 Å². The molecule has 0 aliphatic carbocycles. The van der Waals surface area contributed by atoms with Crippen molar-refractivity contribution in [3.63, 3.8) is 0 Å². The molecular formula is C25H29N5O2. The molecule has 0 radical (unpaired) electrons. The average molecular weight is 432 g/mol. The van der Waals surface area contributed by atoms with E-state index in [9.17, 15) is 9.59 Å². The second-order valence-electron chi connectivity index (χ2n) is 8.12. The summed E-state index contributed by atoms with van der Waals surface area (Å²) in [6.07, 6.45) is 1.75. The molecule has 0 spiro atoms. The number of amides is 2. The quantitative estimate of drug-likeness (QED) is 0.601. The molecule has 1 aliphatic rings. The van der Waals surface area contributed by atoms with Crippen LogP contribution in [0.4, 0.5) is 5.69 Å². The molecule has 1 saturated heterocycles. The van der Waals surface area contributed by atoms with Crippen molar-refractivity contribution in [2.75, 3.05) is 38.0 Å². The van der Waals surface area contributed by atoms with Crippen molar-refractivity contribution in [1.82, 2.24) is 20.1 Å². The first-order chi connectivity index (χ1) is 15.6. The Morgan fingerprint density at radius 1 is 0.969 bits per heavy atom. The van der Waals surface area contributed by atoms with Crippen LogP contribution in [0.2, 0.25) is 0 Å². The summed E-state index contributed by atoms with van der Waals surface area (Å²) in [5.74, 6) is -0.00642. The predicted molar refractivity (Wildman–Crippen MR) is 126 cm³/mol. The van der Waals surface area contributed by atoms with Crippen LogP contribution in [0, 0.1) is 0 Å². The molecule has 2 heterocycles. The van der Waals surface area contributed by atoms with E-state index >= 15 is 0 Å². The molecule has 2 amide bonds. The highest BCUT2D eigenvalue weighted by atomic mass is 16.2. The van der Waals surface area contributed by atoms with Gasteiger partial charge in [-0.15, -0.1) is 0 Å². The zero-order valence-corrected chi connectivity index (χ0v) is 18.3. The maximum absolute atomic E-state index is 12.9. The minimum atomic E-state index is -0.254. The van der Waals surface area contributed by atoms with Gasteiger partial charge < -0.3 is 10.6 Å². The van der Waals surface area contributed by atoms with Crippen molar-refractivity contribution in [3.8, 4) is 0 Å². The van der Waals surface area contributed by atoms with E-state index in [-0.39, 0.29) is 17.9 Å². The Balaban J connectivity index is 1.24. The fourth-order valence-electron chi connectivity index (χ4n) is 3.98. The van der Waals surface area contributed by atoms with E-state index < -0.39 is 0 Å². The molecule has 4 rings (SSSR count). The van der Waals surface area contributed by atoms with Gasteiger partial charge in [-0.25, -0.2) is 0 Å². The first-order valence-electron chi connectivity index (χ1n) is 11.0. The summed E-state index contributed by atoms with van der Waals surface area (Å²) in [5, 5.41) is 6.97. The Labute approximate surface area is 188 Å². The van der Waals surface area contributed by atoms with Crippen LogP contribution < -0.4 is 10.6 Å². The third-order valence-electron chi connectivity index (χ3n) is 5.94. The van der Waals surface area contributed by atoms with Crippen molar-refractivity contribution in [3.05, 3.63) is 72.4 Å². The lowest BCUT2D eigenvalue weighted by Gasteiger charge is -2.37. The molecule has 0 bridgehead atoms. The highest BCUT2D eigenvalue weighted by Crippen LogP contribution is 2.22. The van der Waals surface area contributed by atoms with E-state index in [4.69, 9.17) is 0 Å². The molecule has 166 valence electrons. The number of hydrogen-bond acceptors (Lipinski definition) is 5. The minimum absolute atomic E-state index is 0.0256. The average Bonchev–Trinajstić information content (AvgIpc) is 2.83. The van der Waals surface area contributed by atoms with Crippen LogP contribution in [0.15, 0.2) is 66.9 Å². The number of carbonyl (C=O) groups excluding carboxylic acids is 2. The Hall–Kier alpha value is -3.29. The highest BCUT2D eigenvalue weighted by Gasteiger charge is 2.26. The summed E-state index contributed by atoms with van der Waals surface area (Å²) in [5.41, 5.74) is 2.73. The molecule has 0 unspecified atom stereocenters. The van der Waals surface area contributed by atoms with Gasteiger partial charge in [0.15, 0.2) is 0 Å². The van der Waals surface area contributed by atoms with Crippen LogP contribution in [-0.4, -0.2) is 65.4 Å². The maximum atomic E-state index is 12.9. The zero-order chi connectivity index (χ0) is 22.3. The molecule has 1 aliphatic heterocycles. The van der Waals surface area contributed by atoms with Gasteiger partial charge in [0.2, 0.25) is 11.8 Å². The lowest BCUT2D eigenvalue weighted by atomic mass is 10.1. The van der Waals surface area contributed by atoms with Crippen molar-refractivity contribution in [2.24, 2.45) is 0 Å². The Kier molecular flexibility index (Phi) is 7.09. The van der Waals surface area contributed by atoms with Gasteiger partial charge in [0.05, 0.1) is 23.8 Å². The number of carbonyl (C=O) groups is 2. The standard InChI is InChI=1S/C25H29N5O2/c1-19(25(32)28-23-11-5-10-22-21(23)9-6-12-26-22)30-15-13-29(14-16-30)18-24(31)27-17-20-7-3-2-4-8-20/h2-12,19H,13-18H2,1H3,(H,27,31)(H,28,32)/t19-/m1/s1. The van der Waals surface area contributed by atoms with Crippen molar-refractivity contribution < 1.29 is 9.59 Å². The Morgan fingerprint density at radius 2 is 1.75 bits per heavy atom. The fourth-order valence-corrected chi connectivity index (χ4v) is 3.98. The van der Waals surface area contributed by atoms with Gasteiger partial charge in [-0.2, -0.15) is 0 Å². The fraction of sp³-hybridized carbons (Fsp3) is 0.320. The van der Waals surface area contributed by atoms with E-state index in [1.54, 1.807) is 6.20 Å². The molecular weight excluding hydrogens is 402 g/mol. The molecule has 1 aromatic heterocycles. The summed E-state index contributed by atoms with van der Waals surface area (Å²) in [7, 11) is 0. The van der Waals surface area contributed by atoms with Crippen LogP contribution in [-0.2, 0) is 16.1 Å². The van der Waals surface area contributed by atoms with Crippen molar-refractivity contribution in [2.45, 2.75) is 19.5 Å². The van der Waals surface area contributed by atoms with Crippen LogP contribution in [0.1, 0.15) is 12.5 Å². The zero-order valence-electron chi connectivity index (χ0n) is 18.3. The summed E-state index contributed by atoms with van der Waals surface area (Å²) in [6.45, 7) is 5.87. The number of piperazine rings is 1. The highest BCUT2D eigenvalue weighted by molar-refractivity contribution is 6.02. The van der Waals surface area contributed by atoms with E-state index in [1.165, 1.54) is 0 Å². The number of aromatic nitrogens is 1. The van der Waals surface area contributed by atoms with Gasteiger partial charge in [0, 0.05) is 44.3 Å². The number of nitrogens with zero attached hydrogens (tertiary/aromatic N) is 3. The number of benzene rings is 2. The summed E-state index contributed by atoms with van der Waals surface area (Å²) >= 11 is 0. The molecule has 2 aromatic carbocycles. The van der Waals surface area contributed by atoms with E-state index in [0.717, 1.165) is 48.3 Å². The topological polar surface area (TPSA) is 77.6 Å². The predicted octanol–water partition coefficient (Wildman–Crippen LogP) is 2.50. The van der Waals surface area contributed by atoms with Crippen LogP contribution in [0.3, 0.4) is 0 Å². The molecule has 3 aromatic rings. The van der Waals surface area contributed by atoms with E-state index in [2.05, 4.69) is 25.4 Å². The molecule has 7 nitrogen and oxygen atoms in total. The van der Waals surface area contributed by atoms with Gasteiger partial charge in [-0.1, -0.05) is 36.4 Å². The number of hydrogen-bond donors (Lipinski definition) is 2. The van der Waals surface area contributed by atoms with Crippen LogP contribution in [0.25, 0.3) is 10.9 Å².